The molecule has 0 unspecified atom stereocenters. The zero-order chi connectivity index (χ0) is 15.3. The van der Waals surface area contributed by atoms with Gasteiger partial charge in [-0.25, -0.2) is 0 Å². The molecule has 1 aliphatic rings. The molecule has 3 atom stereocenters. The van der Waals surface area contributed by atoms with Crippen LogP contribution < -0.4 is 0 Å². The van der Waals surface area contributed by atoms with Gasteiger partial charge in [0.25, 0.3) is 0 Å². The van der Waals surface area contributed by atoms with E-state index in [-0.39, 0.29) is 12.1 Å². The molecule has 0 aromatic rings. The van der Waals surface area contributed by atoms with Gasteiger partial charge < -0.3 is 9.84 Å². The molecule has 0 saturated heterocycles. The number of esters is 1. The Kier molecular flexibility index (Phi) is 6.00. The Hall–Kier alpha value is -1.09. The fourth-order valence-corrected chi connectivity index (χ4v) is 2.55. The first kappa shape index (κ1) is 17.0. The van der Waals surface area contributed by atoms with Gasteiger partial charge in [-0.3, -0.25) is 4.79 Å². The van der Waals surface area contributed by atoms with E-state index < -0.39 is 5.60 Å². The van der Waals surface area contributed by atoms with Crippen molar-refractivity contribution in [2.24, 2.45) is 11.8 Å². The van der Waals surface area contributed by atoms with Gasteiger partial charge in [0, 0.05) is 6.92 Å². The summed E-state index contributed by atoms with van der Waals surface area (Å²) in [5.41, 5.74) is 0.0975. The van der Waals surface area contributed by atoms with Crippen LogP contribution in [0.1, 0.15) is 53.4 Å². The molecule has 0 bridgehead atoms. The molecular weight excluding hydrogens is 252 g/mol. The van der Waals surface area contributed by atoms with Gasteiger partial charge in [0.05, 0.1) is 5.60 Å². The van der Waals surface area contributed by atoms with Crippen LogP contribution in [-0.2, 0) is 9.53 Å². The molecule has 0 aromatic carbocycles. The minimum Gasteiger partial charge on any atom is -0.458 e. The number of carbonyl (C=O) groups is 1. The van der Waals surface area contributed by atoms with Crippen LogP contribution in [0, 0.1) is 11.8 Å². The molecule has 1 aliphatic carbocycles. The normalized spacial score (nSPS) is 33.8. The Morgan fingerprint density at radius 3 is 2.70 bits per heavy atom. The maximum Gasteiger partial charge on any atom is 0.303 e. The van der Waals surface area contributed by atoms with Gasteiger partial charge in [-0.15, -0.1) is 0 Å². The summed E-state index contributed by atoms with van der Waals surface area (Å²) < 4.78 is 5.35. The molecule has 3 heteroatoms. The summed E-state index contributed by atoms with van der Waals surface area (Å²) >= 11 is 0. The molecule has 0 heterocycles. The van der Waals surface area contributed by atoms with Crippen molar-refractivity contribution in [1.82, 2.24) is 0 Å². The summed E-state index contributed by atoms with van der Waals surface area (Å²) in [6.07, 6.45) is 6.75. The van der Waals surface area contributed by atoms with Crippen LogP contribution >= 0.6 is 0 Å². The molecule has 0 amide bonds. The second-order valence-corrected chi connectivity index (χ2v) is 6.46. The molecule has 0 saturated carbocycles. The van der Waals surface area contributed by atoms with Crippen molar-refractivity contribution in [2.75, 3.05) is 0 Å². The van der Waals surface area contributed by atoms with Crippen LogP contribution in [0.2, 0.25) is 0 Å². The number of ether oxygens (including phenoxy) is 1. The van der Waals surface area contributed by atoms with Crippen molar-refractivity contribution in [3.05, 3.63) is 24.3 Å². The van der Waals surface area contributed by atoms with Crippen molar-refractivity contribution in [2.45, 2.75) is 65.1 Å². The molecule has 0 spiro atoms. The number of carbonyl (C=O) groups excluding carboxylic acids is 1. The minimum atomic E-state index is -0.858. The van der Waals surface area contributed by atoms with E-state index in [1.165, 1.54) is 6.92 Å². The number of aliphatic hydroxyl groups is 1. The molecule has 0 radical (unpaired) electrons. The number of rotatable bonds is 2. The summed E-state index contributed by atoms with van der Waals surface area (Å²) in [5, 5.41) is 10.4. The summed E-state index contributed by atoms with van der Waals surface area (Å²) in [6.45, 7) is 11.7. The Balaban J connectivity index is 2.89. The average molecular weight is 280 g/mol. The van der Waals surface area contributed by atoms with Gasteiger partial charge in [0.2, 0.25) is 0 Å². The van der Waals surface area contributed by atoms with Crippen molar-refractivity contribution in [3.8, 4) is 0 Å². The van der Waals surface area contributed by atoms with E-state index in [1.807, 2.05) is 6.08 Å². The van der Waals surface area contributed by atoms with Gasteiger partial charge >= 0.3 is 5.97 Å². The first-order valence-corrected chi connectivity index (χ1v) is 7.48. The average Bonchev–Trinajstić information content (AvgIpc) is 2.32. The van der Waals surface area contributed by atoms with E-state index in [1.54, 1.807) is 6.92 Å². The Bertz CT molecular complexity index is 380. The largest absolute Gasteiger partial charge is 0.458 e. The summed E-state index contributed by atoms with van der Waals surface area (Å²) in [7, 11) is 0. The first-order valence-electron chi connectivity index (χ1n) is 7.48. The van der Waals surface area contributed by atoms with Gasteiger partial charge in [0.15, 0.2) is 0 Å². The number of hydrogen-bond acceptors (Lipinski definition) is 3. The van der Waals surface area contributed by atoms with Crippen molar-refractivity contribution >= 4 is 5.97 Å². The maximum absolute atomic E-state index is 11.2. The SMILES string of the molecule is C=C1CC[C@H](C(C)C)/C=C/[C@](C)(O)CC[C@@H]1OC(C)=O. The van der Waals surface area contributed by atoms with Crippen LogP contribution in [0.15, 0.2) is 24.3 Å². The van der Waals surface area contributed by atoms with Crippen LogP contribution in [0.4, 0.5) is 0 Å². The van der Waals surface area contributed by atoms with Gasteiger partial charge in [0.1, 0.15) is 6.10 Å². The standard InChI is InChI=1S/C17H28O3/c1-12(2)15-7-6-13(3)16(20-14(4)18)9-11-17(5,19)10-8-15/h8,10,12,15-16,19H,3,6-7,9,11H2,1-2,4-5H3/b10-8+/t15-,16-,17-/m0/s1. The summed E-state index contributed by atoms with van der Waals surface area (Å²) in [6, 6.07) is 0. The third kappa shape index (κ3) is 5.49. The Morgan fingerprint density at radius 1 is 1.50 bits per heavy atom. The lowest BCUT2D eigenvalue weighted by Gasteiger charge is -2.28. The van der Waals surface area contributed by atoms with E-state index in [9.17, 15) is 9.90 Å². The highest BCUT2D eigenvalue weighted by Gasteiger charge is 2.25. The molecule has 1 N–H and O–H groups in total. The third-order valence-corrected chi connectivity index (χ3v) is 4.03. The lowest BCUT2D eigenvalue weighted by molar-refractivity contribution is -0.145. The molecule has 114 valence electrons. The van der Waals surface area contributed by atoms with Gasteiger partial charge in [-0.2, -0.15) is 0 Å². The van der Waals surface area contributed by atoms with Crippen molar-refractivity contribution < 1.29 is 14.6 Å². The molecule has 1 rings (SSSR count). The van der Waals surface area contributed by atoms with E-state index >= 15 is 0 Å². The highest BCUT2D eigenvalue weighted by Crippen LogP contribution is 2.29. The maximum atomic E-state index is 11.2. The lowest BCUT2D eigenvalue weighted by atomic mass is 9.84. The highest BCUT2D eigenvalue weighted by molar-refractivity contribution is 5.66. The highest BCUT2D eigenvalue weighted by atomic mass is 16.5. The Labute approximate surface area is 122 Å². The quantitative estimate of drug-likeness (QED) is 0.620. The summed E-state index contributed by atoms with van der Waals surface area (Å²) in [5.74, 6) is 0.638. The molecular formula is C17H28O3. The van der Waals surface area contributed by atoms with Gasteiger partial charge in [-0.05, 0) is 50.0 Å². The lowest BCUT2D eigenvalue weighted by Crippen LogP contribution is -2.28. The molecule has 20 heavy (non-hydrogen) atoms. The van der Waals surface area contributed by atoms with Crippen LogP contribution in [-0.4, -0.2) is 22.8 Å². The number of hydrogen-bond donors (Lipinski definition) is 1. The van der Waals surface area contributed by atoms with E-state index in [0.717, 1.165) is 18.4 Å². The second-order valence-electron chi connectivity index (χ2n) is 6.46. The topological polar surface area (TPSA) is 46.5 Å². The predicted molar refractivity (Wildman–Crippen MR) is 81.3 cm³/mol. The first-order chi connectivity index (χ1) is 9.21. The zero-order valence-electron chi connectivity index (χ0n) is 13.2. The summed E-state index contributed by atoms with van der Waals surface area (Å²) in [4.78, 5) is 11.2. The van der Waals surface area contributed by atoms with Crippen molar-refractivity contribution in [1.29, 1.82) is 0 Å². The third-order valence-electron chi connectivity index (χ3n) is 4.03. The minimum absolute atomic E-state index is 0.279. The molecule has 0 aliphatic heterocycles. The zero-order valence-corrected chi connectivity index (χ0v) is 13.2. The smallest absolute Gasteiger partial charge is 0.303 e. The fourth-order valence-electron chi connectivity index (χ4n) is 2.55. The van der Waals surface area contributed by atoms with E-state index in [4.69, 9.17) is 4.74 Å². The Morgan fingerprint density at radius 2 is 2.15 bits per heavy atom. The molecule has 0 fully saturated rings. The monoisotopic (exact) mass is 280 g/mol. The van der Waals surface area contributed by atoms with E-state index in [0.29, 0.717) is 24.7 Å². The second kappa shape index (κ2) is 7.07. The van der Waals surface area contributed by atoms with Crippen LogP contribution in [0.3, 0.4) is 0 Å². The van der Waals surface area contributed by atoms with Crippen LogP contribution in [0.25, 0.3) is 0 Å². The van der Waals surface area contributed by atoms with Gasteiger partial charge in [-0.1, -0.05) is 32.6 Å². The molecule has 3 nitrogen and oxygen atoms in total. The predicted octanol–water partition coefficient (Wildman–Crippen LogP) is 3.63. The fraction of sp³-hybridized carbons (Fsp3) is 0.706. The van der Waals surface area contributed by atoms with Crippen molar-refractivity contribution in [3.63, 3.8) is 0 Å². The van der Waals surface area contributed by atoms with E-state index in [2.05, 4.69) is 26.5 Å². The molecule has 0 aromatic heterocycles. The van der Waals surface area contributed by atoms with Crippen LogP contribution in [0.5, 0.6) is 0 Å². The number of allylic oxidation sites excluding steroid dienone is 1.